The van der Waals surface area contributed by atoms with E-state index in [9.17, 15) is 4.79 Å². The smallest absolute Gasteiger partial charge is 0.223 e. The molecule has 1 amide bonds. The zero-order valence-electron chi connectivity index (χ0n) is 12.8. The van der Waals surface area contributed by atoms with E-state index in [0.29, 0.717) is 6.54 Å². The van der Waals surface area contributed by atoms with Crippen molar-refractivity contribution in [1.29, 1.82) is 0 Å². The SMILES string of the molecule is O=C(NC[C@H](c1ccccn1)N1CCOCC1)C1CC=CC1. The lowest BCUT2D eigenvalue weighted by atomic mass is 10.1. The second-order valence-corrected chi connectivity index (χ2v) is 5.80. The van der Waals surface area contributed by atoms with Crippen molar-refractivity contribution in [2.75, 3.05) is 32.8 Å². The summed E-state index contributed by atoms with van der Waals surface area (Å²) >= 11 is 0. The third-order valence-corrected chi connectivity index (χ3v) is 4.36. The van der Waals surface area contributed by atoms with Crippen molar-refractivity contribution in [3.05, 3.63) is 42.2 Å². The quantitative estimate of drug-likeness (QED) is 0.838. The van der Waals surface area contributed by atoms with Gasteiger partial charge >= 0.3 is 0 Å². The molecule has 1 N–H and O–H groups in total. The Hall–Kier alpha value is -1.72. The molecule has 1 aliphatic heterocycles. The standard InChI is InChI=1S/C17H23N3O2/c21-17(14-5-1-2-6-14)19-13-16(15-7-3-4-8-18-15)20-9-11-22-12-10-20/h1-4,7-8,14,16H,5-6,9-13H2,(H,19,21)/t16-/m1/s1. The molecular weight excluding hydrogens is 278 g/mol. The van der Waals surface area contributed by atoms with Crippen LogP contribution in [0.2, 0.25) is 0 Å². The van der Waals surface area contributed by atoms with E-state index in [1.54, 1.807) is 0 Å². The number of nitrogens with one attached hydrogen (secondary N) is 1. The van der Waals surface area contributed by atoms with Crippen molar-refractivity contribution in [2.24, 2.45) is 5.92 Å². The Bertz CT molecular complexity index is 504. The number of carbonyl (C=O) groups excluding carboxylic acids is 1. The van der Waals surface area contributed by atoms with Crippen molar-refractivity contribution in [1.82, 2.24) is 15.2 Å². The van der Waals surface area contributed by atoms with Crippen molar-refractivity contribution < 1.29 is 9.53 Å². The van der Waals surface area contributed by atoms with E-state index >= 15 is 0 Å². The summed E-state index contributed by atoms with van der Waals surface area (Å²) in [5, 5.41) is 3.12. The Morgan fingerprint density at radius 3 is 2.77 bits per heavy atom. The fourth-order valence-corrected chi connectivity index (χ4v) is 3.06. The van der Waals surface area contributed by atoms with Crippen molar-refractivity contribution in [3.8, 4) is 0 Å². The van der Waals surface area contributed by atoms with Crippen molar-refractivity contribution in [3.63, 3.8) is 0 Å². The number of morpholine rings is 1. The zero-order valence-corrected chi connectivity index (χ0v) is 12.8. The van der Waals surface area contributed by atoms with Crippen LogP contribution in [0, 0.1) is 5.92 Å². The predicted molar refractivity (Wildman–Crippen MR) is 84.2 cm³/mol. The predicted octanol–water partition coefficient (Wildman–Crippen LogP) is 1.54. The minimum Gasteiger partial charge on any atom is -0.379 e. The van der Waals surface area contributed by atoms with Gasteiger partial charge in [-0.25, -0.2) is 0 Å². The molecule has 3 rings (SSSR count). The van der Waals surface area contributed by atoms with Crippen LogP contribution in [0.15, 0.2) is 36.5 Å². The van der Waals surface area contributed by atoms with E-state index in [2.05, 4.69) is 27.4 Å². The monoisotopic (exact) mass is 301 g/mol. The number of ether oxygens (including phenoxy) is 1. The number of allylic oxidation sites excluding steroid dienone is 2. The van der Waals surface area contributed by atoms with Gasteiger partial charge in [0.1, 0.15) is 0 Å². The average Bonchev–Trinajstić information content (AvgIpc) is 3.11. The molecule has 0 saturated carbocycles. The number of rotatable bonds is 5. The first-order chi connectivity index (χ1) is 10.8. The van der Waals surface area contributed by atoms with Crippen molar-refractivity contribution in [2.45, 2.75) is 18.9 Å². The molecule has 1 aromatic rings. The molecule has 1 aromatic heterocycles. The van der Waals surface area contributed by atoms with Gasteiger partial charge in [-0.15, -0.1) is 0 Å². The van der Waals surface area contributed by atoms with E-state index in [4.69, 9.17) is 4.74 Å². The maximum Gasteiger partial charge on any atom is 0.223 e. The molecule has 1 fully saturated rings. The van der Waals surface area contributed by atoms with Gasteiger partial charge in [-0.2, -0.15) is 0 Å². The lowest BCUT2D eigenvalue weighted by Crippen LogP contribution is -2.44. The van der Waals surface area contributed by atoms with Crippen LogP contribution in [0.3, 0.4) is 0 Å². The number of aromatic nitrogens is 1. The van der Waals surface area contributed by atoms with Gasteiger partial charge in [0.25, 0.3) is 0 Å². The molecule has 5 heteroatoms. The lowest BCUT2D eigenvalue weighted by molar-refractivity contribution is -0.125. The maximum absolute atomic E-state index is 12.2. The van der Waals surface area contributed by atoms with Gasteiger partial charge in [-0.3, -0.25) is 14.7 Å². The molecule has 5 nitrogen and oxygen atoms in total. The molecular formula is C17H23N3O2. The van der Waals surface area contributed by atoms with E-state index in [-0.39, 0.29) is 17.9 Å². The first kappa shape index (κ1) is 15.2. The lowest BCUT2D eigenvalue weighted by Gasteiger charge is -2.34. The molecule has 0 spiro atoms. The van der Waals surface area contributed by atoms with Crippen LogP contribution in [-0.4, -0.2) is 48.6 Å². The zero-order chi connectivity index (χ0) is 15.2. The number of pyridine rings is 1. The number of nitrogens with zero attached hydrogens (tertiary/aromatic N) is 2. The van der Waals surface area contributed by atoms with Crippen LogP contribution in [0.4, 0.5) is 0 Å². The summed E-state index contributed by atoms with van der Waals surface area (Å²) in [6, 6.07) is 6.06. The van der Waals surface area contributed by atoms with Crippen molar-refractivity contribution >= 4 is 5.91 Å². The number of amides is 1. The fraction of sp³-hybridized carbons (Fsp3) is 0.529. The third-order valence-electron chi connectivity index (χ3n) is 4.36. The van der Waals surface area contributed by atoms with Gasteiger partial charge in [-0.05, 0) is 25.0 Å². The highest BCUT2D eigenvalue weighted by atomic mass is 16.5. The molecule has 0 bridgehead atoms. The molecule has 0 radical (unpaired) electrons. The fourth-order valence-electron chi connectivity index (χ4n) is 3.06. The van der Waals surface area contributed by atoms with Gasteiger partial charge in [-0.1, -0.05) is 18.2 Å². The molecule has 0 unspecified atom stereocenters. The molecule has 2 heterocycles. The summed E-state index contributed by atoms with van der Waals surface area (Å²) in [6.07, 6.45) is 7.70. The van der Waals surface area contributed by atoms with Crippen LogP contribution in [-0.2, 0) is 9.53 Å². The van der Waals surface area contributed by atoms with Crippen LogP contribution in [0.1, 0.15) is 24.6 Å². The summed E-state index contributed by atoms with van der Waals surface area (Å²) in [7, 11) is 0. The topological polar surface area (TPSA) is 54.5 Å². The highest BCUT2D eigenvalue weighted by Gasteiger charge is 2.26. The minimum absolute atomic E-state index is 0.106. The van der Waals surface area contributed by atoms with Crippen LogP contribution in [0.25, 0.3) is 0 Å². The third kappa shape index (κ3) is 3.72. The Morgan fingerprint density at radius 2 is 2.09 bits per heavy atom. The first-order valence-electron chi connectivity index (χ1n) is 8.00. The summed E-state index contributed by atoms with van der Waals surface area (Å²) in [5.41, 5.74) is 1.01. The van der Waals surface area contributed by atoms with Gasteiger partial charge in [0.15, 0.2) is 0 Å². The van der Waals surface area contributed by atoms with Crippen LogP contribution in [0.5, 0.6) is 0 Å². The molecule has 118 valence electrons. The summed E-state index contributed by atoms with van der Waals surface area (Å²) in [4.78, 5) is 19.1. The average molecular weight is 301 g/mol. The Kier molecular flexibility index (Phi) is 5.19. The Balaban J connectivity index is 1.64. The number of hydrogen-bond donors (Lipinski definition) is 1. The minimum atomic E-state index is 0.106. The van der Waals surface area contributed by atoms with Gasteiger partial charge in [0.05, 0.1) is 24.9 Å². The van der Waals surface area contributed by atoms with Gasteiger partial charge in [0.2, 0.25) is 5.91 Å². The second kappa shape index (κ2) is 7.51. The van der Waals surface area contributed by atoms with E-state index in [0.717, 1.165) is 44.8 Å². The Labute approximate surface area is 131 Å². The summed E-state index contributed by atoms with van der Waals surface area (Å²) in [5.74, 6) is 0.258. The van der Waals surface area contributed by atoms with Gasteiger partial charge < -0.3 is 10.1 Å². The van der Waals surface area contributed by atoms with Gasteiger partial charge in [0, 0.05) is 31.7 Å². The van der Waals surface area contributed by atoms with E-state index in [1.807, 2.05) is 24.4 Å². The normalized spacial score (nSPS) is 20.9. The van der Waals surface area contributed by atoms with Crippen LogP contribution < -0.4 is 5.32 Å². The van der Waals surface area contributed by atoms with Crippen LogP contribution >= 0.6 is 0 Å². The molecule has 0 aromatic carbocycles. The molecule has 1 saturated heterocycles. The number of carbonyl (C=O) groups is 1. The first-order valence-corrected chi connectivity index (χ1v) is 8.00. The second-order valence-electron chi connectivity index (χ2n) is 5.80. The summed E-state index contributed by atoms with van der Waals surface area (Å²) < 4.78 is 5.43. The summed E-state index contributed by atoms with van der Waals surface area (Å²) in [6.45, 7) is 3.84. The maximum atomic E-state index is 12.2. The molecule has 1 aliphatic carbocycles. The van der Waals surface area contributed by atoms with E-state index in [1.165, 1.54) is 0 Å². The molecule has 22 heavy (non-hydrogen) atoms. The largest absolute Gasteiger partial charge is 0.379 e. The number of hydrogen-bond acceptors (Lipinski definition) is 4. The highest BCUT2D eigenvalue weighted by Crippen LogP contribution is 2.21. The highest BCUT2D eigenvalue weighted by molar-refractivity contribution is 5.79. The van der Waals surface area contributed by atoms with E-state index < -0.39 is 0 Å². The molecule has 1 atom stereocenters. The molecule has 2 aliphatic rings. The Morgan fingerprint density at radius 1 is 1.32 bits per heavy atom.